The minimum absolute atomic E-state index is 0.153. The van der Waals surface area contributed by atoms with Gasteiger partial charge in [-0.05, 0) is 18.6 Å². The number of hydrogen-bond donors (Lipinski definition) is 2. The van der Waals surface area contributed by atoms with Gasteiger partial charge in [0.15, 0.2) is 0 Å². The van der Waals surface area contributed by atoms with Crippen molar-refractivity contribution >= 4 is 23.3 Å². The highest BCUT2D eigenvalue weighted by atomic mass is 16.6. The number of nitrogens with one attached hydrogen (secondary N) is 1. The third-order valence-corrected chi connectivity index (χ3v) is 2.82. The van der Waals surface area contributed by atoms with Gasteiger partial charge in [0, 0.05) is 25.2 Å². The zero-order valence-electron chi connectivity index (χ0n) is 11.8. The van der Waals surface area contributed by atoms with Crippen LogP contribution >= 0.6 is 0 Å². The van der Waals surface area contributed by atoms with E-state index in [0.29, 0.717) is 13.0 Å². The highest BCUT2D eigenvalue weighted by Crippen LogP contribution is 2.29. The Hall–Kier alpha value is -2.64. The number of nitrogens with zero attached hydrogens (tertiary/aromatic N) is 2. The number of hydrogen-bond acceptors (Lipinski definition) is 5. The number of anilines is 1. The third kappa shape index (κ3) is 4.16. The molecule has 1 rings (SSSR count). The largest absolute Gasteiger partial charge is 0.480 e. The fourth-order valence-corrected chi connectivity index (χ4v) is 1.94. The summed E-state index contributed by atoms with van der Waals surface area (Å²) in [6, 6.07) is 3.99. The van der Waals surface area contributed by atoms with Crippen molar-refractivity contribution in [2.45, 2.75) is 13.3 Å². The molecule has 0 radical (unpaired) electrons. The number of aliphatic carboxylic acids is 1. The van der Waals surface area contributed by atoms with Crippen LogP contribution in [0.5, 0.6) is 0 Å². The third-order valence-electron chi connectivity index (χ3n) is 2.82. The van der Waals surface area contributed by atoms with Gasteiger partial charge in [-0.3, -0.25) is 19.7 Å². The summed E-state index contributed by atoms with van der Waals surface area (Å²) in [4.78, 5) is 34.4. The maximum absolute atomic E-state index is 11.5. The number of nitro groups is 1. The van der Waals surface area contributed by atoms with E-state index in [9.17, 15) is 19.7 Å². The number of carboxylic acids is 1. The van der Waals surface area contributed by atoms with E-state index in [1.54, 1.807) is 0 Å². The SMILES string of the molecule is CCCN(CC(=O)O)c1ccc(C(=O)NC)cc1[N+](=O)[O-]. The molecule has 0 aliphatic rings. The van der Waals surface area contributed by atoms with Crippen LogP contribution < -0.4 is 10.2 Å². The van der Waals surface area contributed by atoms with E-state index in [1.165, 1.54) is 24.1 Å². The van der Waals surface area contributed by atoms with E-state index in [1.807, 2.05) is 6.92 Å². The Labute approximate surface area is 121 Å². The smallest absolute Gasteiger partial charge is 0.323 e. The Balaban J connectivity index is 3.29. The first-order valence-electron chi connectivity index (χ1n) is 6.38. The molecular formula is C13H17N3O5. The van der Waals surface area contributed by atoms with E-state index in [4.69, 9.17) is 5.11 Å². The molecule has 2 N–H and O–H groups in total. The van der Waals surface area contributed by atoms with Crippen molar-refractivity contribution in [3.63, 3.8) is 0 Å². The Bertz CT molecular complexity index is 559. The molecule has 1 amide bonds. The maximum atomic E-state index is 11.5. The van der Waals surface area contributed by atoms with Gasteiger partial charge in [-0.25, -0.2) is 0 Å². The van der Waals surface area contributed by atoms with Gasteiger partial charge >= 0.3 is 5.97 Å². The summed E-state index contributed by atoms with van der Waals surface area (Å²) in [5.74, 6) is -1.52. The van der Waals surface area contributed by atoms with Gasteiger partial charge in [-0.2, -0.15) is 0 Å². The molecule has 0 aromatic heterocycles. The first kappa shape index (κ1) is 16.4. The number of rotatable bonds is 7. The van der Waals surface area contributed by atoms with Crippen molar-refractivity contribution in [3.8, 4) is 0 Å². The van der Waals surface area contributed by atoms with Gasteiger partial charge in [-0.1, -0.05) is 6.92 Å². The molecule has 0 saturated carbocycles. The molecule has 0 heterocycles. The van der Waals surface area contributed by atoms with Crippen molar-refractivity contribution in [1.29, 1.82) is 0 Å². The lowest BCUT2D eigenvalue weighted by Gasteiger charge is -2.22. The van der Waals surface area contributed by atoms with Crippen LogP contribution in [0, 0.1) is 10.1 Å². The fourth-order valence-electron chi connectivity index (χ4n) is 1.94. The molecule has 0 atom stereocenters. The molecule has 1 aromatic carbocycles. The Kier molecular flexibility index (Phi) is 5.65. The van der Waals surface area contributed by atoms with Crippen molar-refractivity contribution < 1.29 is 19.6 Å². The van der Waals surface area contributed by atoms with Crippen LogP contribution in [0.3, 0.4) is 0 Å². The second-order valence-corrected chi connectivity index (χ2v) is 4.36. The summed E-state index contributed by atoms with van der Waals surface area (Å²) >= 11 is 0. The van der Waals surface area contributed by atoms with Crippen LogP contribution in [-0.4, -0.2) is 42.0 Å². The maximum Gasteiger partial charge on any atom is 0.323 e. The topological polar surface area (TPSA) is 113 Å². The highest BCUT2D eigenvalue weighted by Gasteiger charge is 2.22. The van der Waals surface area contributed by atoms with Crippen molar-refractivity contribution in [2.75, 3.05) is 25.0 Å². The van der Waals surface area contributed by atoms with Crippen LogP contribution in [0.4, 0.5) is 11.4 Å². The molecule has 8 nitrogen and oxygen atoms in total. The van der Waals surface area contributed by atoms with Crippen molar-refractivity contribution in [3.05, 3.63) is 33.9 Å². The number of benzene rings is 1. The van der Waals surface area contributed by atoms with E-state index < -0.39 is 16.8 Å². The fraction of sp³-hybridized carbons (Fsp3) is 0.385. The van der Waals surface area contributed by atoms with Gasteiger partial charge in [0.05, 0.1) is 4.92 Å². The van der Waals surface area contributed by atoms with Gasteiger partial charge in [0.1, 0.15) is 12.2 Å². The Morgan fingerprint density at radius 2 is 2.10 bits per heavy atom. The first-order chi connectivity index (χ1) is 9.90. The van der Waals surface area contributed by atoms with E-state index in [2.05, 4.69) is 5.32 Å². The van der Waals surface area contributed by atoms with Crippen molar-refractivity contribution in [2.24, 2.45) is 0 Å². The zero-order chi connectivity index (χ0) is 16.0. The Morgan fingerprint density at radius 1 is 1.43 bits per heavy atom. The molecule has 8 heteroatoms. The number of nitro benzene ring substituents is 1. The summed E-state index contributed by atoms with van der Waals surface area (Å²) in [5.41, 5.74) is 0.0578. The molecular weight excluding hydrogens is 278 g/mol. The molecule has 0 aliphatic carbocycles. The molecule has 0 fully saturated rings. The molecule has 1 aromatic rings. The second-order valence-electron chi connectivity index (χ2n) is 4.36. The van der Waals surface area contributed by atoms with Gasteiger partial charge < -0.3 is 15.3 Å². The second kappa shape index (κ2) is 7.22. The van der Waals surface area contributed by atoms with E-state index >= 15 is 0 Å². The predicted octanol–water partition coefficient (Wildman–Crippen LogP) is 1.26. The van der Waals surface area contributed by atoms with Crippen LogP contribution in [-0.2, 0) is 4.79 Å². The van der Waals surface area contributed by atoms with Crippen LogP contribution in [0.1, 0.15) is 23.7 Å². The molecule has 0 unspecified atom stereocenters. The average Bonchev–Trinajstić information content (AvgIpc) is 2.44. The molecule has 0 bridgehead atoms. The van der Waals surface area contributed by atoms with Crippen LogP contribution in [0.2, 0.25) is 0 Å². The lowest BCUT2D eigenvalue weighted by atomic mass is 10.1. The quantitative estimate of drug-likeness (QED) is 0.578. The van der Waals surface area contributed by atoms with E-state index in [0.717, 1.165) is 6.07 Å². The molecule has 114 valence electrons. The van der Waals surface area contributed by atoms with Gasteiger partial charge in [0.2, 0.25) is 0 Å². The number of carbonyl (C=O) groups excluding carboxylic acids is 1. The minimum Gasteiger partial charge on any atom is -0.480 e. The predicted molar refractivity (Wildman–Crippen MR) is 76.6 cm³/mol. The molecule has 0 saturated heterocycles. The summed E-state index contributed by atoms with van der Waals surface area (Å²) in [6.45, 7) is 1.88. The first-order valence-corrected chi connectivity index (χ1v) is 6.38. The molecule has 0 aliphatic heterocycles. The van der Waals surface area contributed by atoms with E-state index in [-0.39, 0.29) is 23.5 Å². The average molecular weight is 295 g/mol. The monoisotopic (exact) mass is 295 g/mol. The summed E-state index contributed by atoms with van der Waals surface area (Å²) in [7, 11) is 1.43. The van der Waals surface area contributed by atoms with Crippen molar-refractivity contribution in [1.82, 2.24) is 5.32 Å². The summed E-state index contributed by atoms with van der Waals surface area (Å²) < 4.78 is 0. The highest BCUT2D eigenvalue weighted by molar-refractivity contribution is 5.95. The number of amides is 1. The Morgan fingerprint density at radius 3 is 2.57 bits per heavy atom. The van der Waals surface area contributed by atoms with Gasteiger partial charge in [0.25, 0.3) is 11.6 Å². The van der Waals surface area contributed by atoms with Crippen LogP contribution in [0.15, 0.2) is 18.2 Å². The zero-order valence-corrected chi connectivity index (χ0v) is 11.8. The standard InChI is InChI=1S/C13H17N3O5/c1-3-6-15(8-12(17)18)10-5-4-9(13(19)14-2)7-11(10)16(20)21/h4-5,7H,3,6,8H2,1-2H3,(H,14,19)(H,17,18). The molecule has 0 spiro atoms. The summed E-state index contributed by atoms with van der Waals surface area (Å²) in [6.07, 6.45) is 0.641. The lowest BCUT2D eigenvalue weighted by molar-refractivity contribution is -0.384. The number of carbonyl (C=O) groups is 2. The summed E-state index contributed by atoms with van der Waals surface area (Å²) in [5, 5.41) is 22.5. The normalized spacial score (nSPS) is 10.0. The lowest BCUT2D eigenvalue weighted by Crippen LogP contribution is -2.31. The van der Waals surface area contributed by atoms with Crippen LogP contribution in [0.25, 0.3) is 0 Å². The molecule has 21 heavy (non-hydrogen) atoms. The van der Waals surface area contributed by atoms with Gasteiger partial charge in [-0.15, -0.1) is 0 Å². The minimum atomic E-state index is -1.08. The number of carboxylic acid groups (broad SMARTS) is 1.